The number of rotatable bonds is 3. The van der Waals surface area contributed by atoms with E-state index in [1.807, 2.05) is 6.07 Å². The number of furan rings is 1. The van der Waals surface area contributed by atoms with Gasteiger partial charge >= 0.3 is 0 Å². The monoisotopic (exact) mass is 207 g/mol. The minimum absolute atomic E-state index is 0.421. The number of hydrogen-bond acceptors (Lipinski definition) is 3. The fourth-order valence-electron chi connectivity index (χ4n) is 2.35. The standard InChI is InChI=1S/C12H17NO2/c1-9-5-10(2)13(6-9)7-11-3-4-12(8-14)15-11/h3-4,8-10H,5-7H2,1-2H3. The van der Waals surface area contributed by atoms with Gasteiger partial charge in [0.05, 0.1) is 6.54 Å². The predicted molar refractivity (Wildman–Crippen MR) is 57.7 cm³/mol. The van der Waals surface area contributed by atoms with Gasteiger partial charge in [-0.15, -0.1) is 0 Å². The molecule has 0 spiro atoms. The van der Waals surface area contributed by atoms with E-state index in [1.165, 1.54) is 6.42 Å². The Hall–Kier alpha value is -1.09. The van der Waals surface area contributed by atoms with Gasteiger partial charge in [-0.1, -0.05) is 6.92 Å². The second kappa shape index (κ2) is 4.19. The minimum Gasteiger partial charge on any atom is -0.457 e. The van der Waals surface area contributed by atoms with Crippen molar-refractivity contribution in [1.82, 2.24) is 4.90 Å². The molecule has 3 heteroatoms. The molecular formula is C12H17NO2. The number of carbonyl (C=O) groups is 1. The van der Waals surface area contributed by atoms with Crippen LogP contribution in [0.15, 0.2) is 16.5 Å². The average Bonchev–Trinajstić information content (AvgIpc) is 2.75. The summed E-state index contributed by atoms with van der Waals surface area (Å²) in [6, 6.07) is 4.23. The van der Waals surface area contributed by atoms with E-state index in [0.29, 0.717) is 11.8 Å². The van der Waals surface area contributed by atoms with Crippen molar-refractivity contribution in [1.29, 1.82) is 0 Å². The Morgan fingerprint density at radius 2 is 2.33 bits per heavy atom. The maximum absolute atomic E-state index is 10.5. The third kappa shape index (κ3) is 2.29. The number of aldehydes is 1. The Labute approximate surface area is 90.1 Å². The Morgan fingerprint density at radius 1 is 1.53 bits per heavy atom. The van der Waals surface area contributed by atoms with Gasteiger partial charge in [-0.3, -0.25) is 9.69 Å². The molecule has 15 heavy (non-hydrogen) atoms. The van der Waals surface area contributed by atoms with E-state index in [9.17, 15) is 4.79 Å². The van der Waals surface area contributed by atoms with E-state index < -0.39 is 0 Å². The quantitative estimate of drug-likeness (QED) is 0.713. The molecule has 82 valence electrons. The summed E-state index contributed by atoms with van der Waals surface area (Å²) in [5, 5.41) is 0. The molecule has 1 aromatic heterocycles. The highest BCUT2D eigenvalue weighted by molar-refractivity contribution is 5.70. The molecule has 0 aromatic carbocycles. The first-order valence-electron chi connectivity index (χ1n) is 5.47. The molecule has 2 atom stereocenters. The van der Waals surface area contributed by atoms with Crippen LogP contribution in [0, 0.1) is 5.92 Å². The van der Waals surface area contributed by atoms with E-state index in [0.717, 1.165) is 31.1 Å². The van der Waals surface area contributed by atoms with Crippen molar-refractivity contribution in [3.05, 3.63) is 23.7 Å². The van der Waals surface area contributed by atoms with Gasteiger partial charge in [-0.05, 0) is 31.4 Å². The van der Waals surface area contributed by atoms with Crippen LogP contribution in [0.4, 0.5) is 0 Å². The van der Waals surface area contributed by atoms with Gasteiger partial charge in [0.25, 0.3) is 0 Å². The van der Waals surface area contributed by atoms with Crippen LogP contribution in [-0.4, -0.2) is 23.8 Å². The lowest BCUT2D eigenvalue weighted by Gasteiger charge is -2.19. The Balaban J connectivity index is 1.99. The van der Waals surface area contributed by atoms with E-state index >= 15 is 0 Å². The lowest BCUT2D eigenvalue weighted by atomic mass is 10.1. The third-order valence-corrected chi connectivity index (χ3v) is 3.07. The molecule has 1 aromatic rings. The summed E-state index contributed by atoms with van der Waals surface area (Å²) in [4.78, 5) is 12.9. The maximum Gasteiger partial charge on any atom is 0.185 e. The van der Waals surface area contributed by atoms with Crippen LogP contribution in [-0.2, 0) is 6.54 Å². The summed E-state index contributed by atoms with van der Waals surface area (Å²) in [6.45, 7) is 6.46. The highest BCUT2D eigenvalue weighted by atomic mass is 16.3. The lowest BCUT2D eigenvalue weighted by molar-refractivity contribution is 0.109. The summed E-state index contributed by atoms with van der Waals surface area (Å²) < 4.78 is 5.37. The first-order chi connectivity index (χ1) is 7.19. The van der Waals surface area contributed by atoms with Crippen LogP contribution in [0.3, 0.4) is 0 Å². The van der Waals surface area contributed by atoms with Crippen molar-refractivity contribution < 1.29 is 9.21 Å². The number of likely N-dealkylation sites (tertiary alicyclic amines) is 1. The zero-order valence-electron chi connectivity index (χ0n) is 9.27. The van der Waals surface area contributed by atoms with Crippen molar-refractivity contribution in [3.8, 4) is 0 Å². The van der Waals surface area contributed by atoms with Crippen molar-refractivity contribution in [3.63, 3.8) is 0 Å². The second-order valence-corrected chi connectivity index (χ2v) is 4.54. The van der Waals surface area contributed by atoms with Gasteiger partial charge in [0.15, 0.2) is 12.0 Å². The Morgan fingerprint density at radius 3 is 2.87 bits per heavy atom. The molecule has 2 unspecified atom stereocenters. The molecule has 1 aliphatic rings. The van der Waals surface area contributed by atoms with Crippen LogP contribution < -0.4 is 0 Å². The van der Waals surface area contributed by atoms with E-state index in [-0.39, 0.29) is 0 Å². The fourth-order valence-corrected chi connectivity index (χ4v) is 2.35. The zero-order valence-corrected chi connectivity index (χ0v) is 9.27. The van der Waals surface area contributed by atoms with E-state index in [4.69, 9.17) is 4.42 Å². The highest BCUT2D eigenvalue weighted by Gasteiger charge is 2.26. The van der Waals surface area contributed by atoms with E-state index in [1.54, 1.807) is 6.07 Å². The average molecular weight is 207 g/mol. The molecular weight excluding hydrogens is 190 g/mol. The minimum atomic E-state index is 0.421. The van der Waals surface area contributed by atoms with E-state index in [2.05, 4.69) is 18.7 Å². The molecule has 3 nitrogen and oxygen atoms in total. The molecule has 0 radical (unpaired) electrons. The van der Waals surface area contributed by atoms with Gasteiger partial charge in [0.2, 0.25) is 0 Å². The number of hydrogen-bond donors (Lipinski definition) is 0. The first-order valence-corrected chi connectivity index (χ1v) is 5.47. The van der Waals surface area contributed by atoms with Crippen LogP contribution >= 0.6 is 0 Å². The largest absolute Gasteiger partial charge is 0.457 e. The zero-order chi connectivity index (χ0) is 10.8. The second-order valence-electron chi connectivity index (χ2n) is 4.54. The van der Waals surface area contributed by atoms with Crippen molar-refractivity contribution >= 4 is 6.29 Å². The van der Waals surface area contributed by atoms with Gasteiger partial charge in [0.1, 0.15) is 5.76 Å². The van der Waals surface area contributed by atoms with Gasteiger partial charge < -0.3 is 4.42 Å². The number of nitrogens with zero attached hydrogens (tertiary/aromatic N) is 1. The molecule has 2 rings (SSSR count). The molecule has 0 bridgehead atoms. The molecule has 0 saturated carbocycles. The fraction of sp³-hybridized carbons (Fsp3) is 0.583. The number of carbonyl (C=O) groups excluding carboxylic acids is 1. The normalized spacial score (nSPS) is 27.1. The lowest BCUT2D eigenvalue weighted by Crippen LogP contribution is -2.26. The van der Waals surface area contributed by atoms with Crippen LogP contribution in [0.25, 0.3) is 0 Å². The van der Waals surface area contributed by atoms with Crippen LogP contribution in [0.2, 0.25) is 0 Å². The Kier molecular flexibility index (Phi) is 2.91. The van der Waals surface area contributed by atoms with Crippen molar-refractivity contribution in [2.75, 3.05) is 6.54 Å². The Bertz CT molecular complexity index is 345. The molecule has 2 heterocycles. The van der Waals surface area contributed by atoms with Crippen LogP contribution in [0.1, 0.15) is 36.6 Å². The molecule has 0 N–H and O–H groups in total. The smallest absolute Gasteiger partial charge is 0.185 e. The van der Waals surface area contributed by atoms with Gasteiger partial charge in [-0.2, -0.15) is 0 Å². The highest BCUT2D eigenvalue weighted by Crippen LogP contribution is 2.24. The topological polar surface area (TPSA) is 33.5 Å². The van der Waals surface area contributed by atoms with Crippen LogP contribution in [0.5, 0.6) is 0 Å². The first kappa shape index (κ1) is 10.4. The molecule has 1 saturated heterocycles. The molecule has 0 amide bonds. The summed E-state index contributed by atoms with van der Waals surface area (Å²) in [5.74, 6) is 2.07. The summed E-state index contributed by atoms with van der Waals surface area (Å²) >= 11 is 0. The SMILES string of the molecule is CC1CC(C)N(Cc2ccc(C=O)o2)C1. The summed E-state index contributed by atoms with van der Waals surface area (Å²) in [5.41, 5.74) is 0. The summed E-state index contributed by atoms with van der Waals surface area (Å²) in [7, 11) is 0. The third-order valence-electron chi connectivity index (χ3n) is 3.07. The van der Waals surface area contributed by atoms with Crippen molar-refractivity contribution in [2.45, 2.75) is 32.9 Å². The molecule has 1 fully saturated rings. The maximum atomic E-state index is 10.5. The van der Waals surface area contributed by atoms with Crippen molar-refractivity contribution in [2.24, 2.45) is 5.92 Å². The van der Waals surface area contributed by atoms with Gasteiger partial charge in [-0.25, -0.2) is 0 Å². The molecule has 1 aliphatic heterocycles. The molecule has 0 aliphatic carbocycles. The van der Waals surface area contributed by atoms with Gasteiger partial charge in [0, 0.05) is 12.6 Å². The summed E-state index contributed by atoms with van der Waals surface area (Å²) in [6.07, 6.45) is 2.00. The predicted octanol–water partition coefficient (Wildman–Crippen LogP) is 2.32.